The number of hydrogen-bond donors (Lipinski definition) is 2. The Morgan fingerprint density at radius 3 is 2.56 bits per heavy atom. The number of aryl methyl sites for hydroxylation is 1. The number of likely N-dealkylation sites (tertiary alicyclic amines) is 1. The summed E-state index contributed by atoms with van der Waals surface area (Å²) in [4.78, 5) is 15.0. The molecule has 1 atom stereocenters. The van der Waals surface area contributed by atoms with Crippen molar-refractivity contribution in [3.8, 4) is 0 Å². The second-order valence-electron chi connectivity index (χ2n) is 7.21. The molecule has 1 heterocycles. The Bertz CT molecular complexity index is 750. The molecule has 3 N–H and O–H groups in total. The van der Waals surface area contributed by atoms with Gasteiger partial charge in [-0.2, -0.15) is 0 Å². The molecule has 2 aromatic rings. The summed E-state index contributed by atoms with van der Waals surface area (Å²) in [6, 6.07) is 13.5. The van der Waals surface area contributed by atoms with Crippen LogP contribution in [0, 0.1) is 12.8 Å². The van der Waals surface area contributed by atoms with Crippen molar-refractivity contribution in [3.63, 3.8) is 0 Å². The third kappa shape index (κ3) is 6.42. The summed E-state index contributed by atoms with van der Waals surface area (Å²) in [5.74, 6) is 0.663. The van der Waals surface area contributed by atoms with Gasteiger partial charge in [0.05, 0.1) is 0 Å². The van der Waals surface area contributed by atoms with Crippen molar-refractivity contribution in [2.24, 2.45) is 5.92 Å². The van der Waals surface area contributed by atoms with Crippen molar-refractivity contribution < 1.29 is 4.79 Å². The first-order chi connectivity index (χ1) is 12.0. The minimum absolute atomic E-state index is 0. The molecular weight excluding hydrogens is 381 g/mol. The molecule has 27 heavy (non-hydrogen) atoms. The van der Waals surface area contributed by atoms with Crippen molar-refractivity contribution in [2.75, 3.05) is 24.1 Å². The van der Waals surface area contributed by atoms with Crippen LogP contribution in [0.2, 0.25) is 0 Å². The number of nitrogen functional groups attached to an aromatic ring is 1. The van der Waals surface area contributed by atoms with Crippen LogP contribution in [-0.4, -0.2) is 23.9 Å². The zero-order valence-corrected chi connectivity index (χ0v) is 17.5. The van der Waals surface area contributed by atoms with E-state index in [2.05, 4.69) is 29.3 Å². The summed E-state index contributed by atoms with van der Waals surface area (Å²) in [5, 5.41) is 2.96. The summed E-state index contributed by atoms with van der Waals surface area (Å²) in [6.45, 7) is 7.57. The molecule has 0 radical (unpaired) electrons. The van der Waals surface area contributed by atoms with Crippen LogP contribution in [0.4, 0.5) is 11.4 Å². The van der Waals surface area contributed by atoms with E-state index in [1.807, 2.05) is 31.2 Å². The van der Waals surface area contributed by atoms with Gasteiger partial charge < -0.3 is 11.1 Å². The molecule has 0 aromatic heterocycles. The SMILES string of the molecule is Cc1ccc(N)cc1C(=O)Nc1ccc(CN2CCCC(C)C2)cc1.Cl.Cl. The van der Waals surface area contributed by atoms with Gasteiger partial charge in [0.2, 0.25) is 0 Å². The predicted octanol–water partition coefficient (Wildman–Crippen LogP) is 4.91. The largest absolute Gasteiger partial charge is 0.399 e. The molecule has 3 rings (SSSR count). The maximum Gasteiger partial charge on any atom is 0.256 e. The number of nitrogens with zero attached hydrogens (tertiary/aromatic N) is 1. The third-order valence-electron chi connectivity index (χ3n) is 4.87. The van der Waals surface area contributed by atoms with Crippen LogP contribution in [-0.2, 0) is 6.54 Å². The number of piperidine rings is 1. The molecule has 0 bridgehead atoms. The highest BCUT2D eigenvalue weighted by Crippen LogP contribution is 2.20. The first-order valence-corrected chi connectivity index (χ1v) is 9.00. The van der Waals surface area contributed by atoms with Gasteiger partial charge in [0.25, 0.3) is 5.91 Å². The average molecular weight is 410 g/mol. The van der Waals surface area contributed by atoms with Gasteiger partial charge in [-0.1, -0.05) is 25.1 Å². The molecule has 0 spiro atoms. The number of nitrogens with one attached hydrogen (secondary N) is 1. The Kier molecular flexibility index (Phi) is 9.10. The number of carbonyl (C=O) groups excluding carboxylic acids is 1. The number of carbonyl (C=O) groups is 1. The second-order valence-corrected chi connectivity index (χ2v) is 7.21. The van der Waals surface area contributed by atoms with E-state index < -0.39 is 0 Å². The molecule has 1 aliphatic heterocycles. The van der Waals surface area contributed by atoms with Crippen LogP contribution in [0.25, 0.3) is 0 Å². The highest BCUT2D eigenvalue weighted by molar-refractivity contribution is 6.05. The molecule has 1 fully saturated rings. The molecule has 0 saturated carbocycles. The van der Waals surface area contributed by atoms with Crippen molar-refractivity contribution in [1.82, 2.24) is 4.90 Å². The van der Waals surface area contributed by atoms with E-state index in [1.165, 1.54) is 31.5 Å². The average Bonchev–Trinajstić information content (AvgIpc) is 2.59. The summed E-state index contributed by atoms with van der Waals surface area (Å²) in [5.41, 5.74) is 10.0. The first-order valence-electron chi connectivity index (χ1n) is 9.00. The van der Waals surface area contributed by atoms with Crippen LogP contribution >= 0.6 is 24.8 Å². The zero-order chi connectivity index (χ0) is 17.8. The number of nitrogens with two attached hydrogens (primary N) is 1. The highest BCUT2D eigenvalue weighted by atomic mass is 35.5. The lowest BCUT2D eigenvalue weighted by Gasteiger charge is -2.30. The molecule has 2 aromatic carbocycles. The minimum Gasteiger partial charge on any atom is -0.399 e. The predicted molar refractivity (Wildman–Crippen MR) is 118 cm³/mol. The van der Waals surface area contributed by atoms with Crippen molar-refractivity contribution in [3.05, 3.63) is 59.2 Å². The summed E-state index contributed by atoms with van der Waals surface area (Å²) >= 11 is 0. The lowest BCUT2D eigenvalue weighted by Crippen LogP contribution is -2.33. The van der Waals surface area contributed by atoms with Gasteiger partial charge in [0.1, 0.15) is 0 Å². The van der Waals surface area contributed by atoms with Crippen LogP contribution in [0.3, 0.4) is 0 Å². The Hall–Kier alpha value is -1.75. The fourth-order valence-corrected chi connectivity index (χ4v) is 3.46. The van der Waals surface area contributed by atoms with Crippen LogP contribution < -0.4 is 11.1 Å². The number of halogens is 2. The van der Waals surface area contributed by atoms with Gasteiger partial charge in [0.15, 0.2) is 0 Å². The van der Waals surface area contributed by atoms with E-state index in [-0.39, 0.29) is 30.7 Å². The fraction of sp³-hybridized carbons (Fsp3) is 0.381. The molecule has 148 valence electrons. The number of amides is 1. The standard InChI is InChI=1S/C21H27N3O.2ClH/c1-15-4-3-11-24(13-15)14-17-6-9-19(10-7-17)23-21(25)20-12-18(22)8-5-16(20)2;;/h5-10,12,15H,3-4,11,13-14,22H2,1-2H3,(H,23,25);2*1H. The Morgan fingerprint density at radius 1 is 1.19 bits per heavy atom. The Labute approximate surface area is 174 Å². The van der Waals surface area contributed by atoms with E-state index >= 15 is 0 Å². The van der Waals surface area contributed by atoms with E-state index in [4.69, 9.17) is 5.73 Å². The molecule has 6 heteroatoms. The third-order valence-corrected chi connectivity index (χ3v) is 4.87. The molecule has 4 nitrogen and oxygen atoms in total. The lowest BCUT2D eigenvalue weighted by atomic mass is 10.00. The van der Waals surface area contributed by atoms with Crippen LogP contribution in [0.5, 0.6) is 0 Å². The van der Waals surface area contributed by atoms with Gasteiger partial charge >= 0.3 is 0 Å². The van der Waals surface area contributed by atoms with Crippen molar-refractivity contribution in [2.45, 2.75) is 33.2 Å². The van der Waals surface area contributed by atoms with Crippen LogP contribution in [0.1, 0.15) is 41.3 Å². The fourth-order valence-electron chi connectivity index (χ4n) is 3.46. The molecule has 0 aliphatic carbocycles. The van der Waals surface area contributed by atoms with E-state index in [9.17, 15) is 4.79 Å². The Morgan fingerprint density at radius 2 is 1.89 bits per heavy atom. The molecule has 1 saturated heterocycles. The number of benzene rings is 2. The monoisotopic (exact) mass is 409 g/mol. The van der Waals surface area contributed by atoms with Gasteiger partial charge in [-0.15, -0.1) is 24.8 Å². The van der Waals surface area contributed by atoms with E-state index in [1.54, 1.807) is 6.07 Å². The second kappa shape index (κ2) is 10.5. The van der Waals surface area contributed by atoms with Gasteiger partial charge in [-0.05, 0) is 67.6 Å². The first kappa shape index (κ1) is 23.3. The normalized spacial score (nSPS) is 16.7. The molecular formula is C21H29Cl2N3O. The lowest BCUT2D eigenvalue weighted by molar-refractivity contribution is 0.102. The molecule has 1 aliphatic rings. The van der Waals surface area contributed by atoms with E-state index in [0.29, 0.717) is 11.3 Å². The molecule has 1 amide bonds. The summed E-state index contributed by atoms with van der Waals surface area (Å²) < 4.78 is 0. The van der Waals surface area contributed by atoms with Crippen molar-refractivity contribution >= 4 is 42.1 Å². The minimum atomic E-state index is -0.123. The Balaban J connectivity index is 0.00000182. The quantitative estimate of drug-likeness (QED) is 0.705. The highest BCUT2D eigenvalue weighted by Gasteiger charge is 2.16. The molecule has 1 unspecified atom stereocenters. The van der Waals surface area contributed by atoms with E-state index in [0.717, 1.165) is 23.7 Å². The van der Waals surface area contributed by atoms with Crippen molar-refractivity contribution in [1.29, 1.82) is 0 Å². The zero-order valence-electron chi connectivity index (χ0n) is 15.9. The number of rotatable bonds is 4. The smallest absolute Gasteiger partial charge is 0.256 e. The topological polar surface area (TPSA) is 58.4 Å². The summed E-state index contributed by atoms with van der Waals surface area (Å²) in [7, 11) is 0. The van der Waals surface area contributed by atoms with Gasteiger partial charge in [0, 0.05) is 30.0 Å². The van der Waals surface area contributed by atoms with Gasteiger partial charge in [-0.3, -0.25) is 9.69 Å². The van der Waals surface area contributed by atoms with Gasteiger partial charge in [-0.25, -0.2) is 0 Å². The van der Waals surface area contributed by atoms with Crippen LogP contribution in [0.15, 0.2) is 42.5 Å². The summed E-state index contributed by atoms with van der Waals surface area (Å²) in [6.07, 6.45) is 2.62. The number of anilines is 2. The number of hydrogen-bond acceptors (Lipinski definition) is 3. The maximum absolute atomic E-state index is 12.5. The maximum atomic E-state index is 12.5.